The van der Waals surface area contributed by atoms with E-state index in [2.05, 4.69) is 5.32 Å². The number of ketones is 1. The molecule has 8 nitrogen and oxygen atoms in total. The average Bonchev–Trinajstić information content (AvgIpc) is 3.26. The molecule has 3 amide bonds. The predicted molar refractivity (Wildman–Crippen MR) is 97.5 cm³/mol. The molecule has 1 fully saturated rings. The van der Waals surface area contributed by atoms with Gasteiger partial charge in [-0.25, -0.2) is 4.79 Å². The van der Waals surface area contributed by atoms with Crippen LogP contribution in [0.2, 0.25) is 0 Å². The van der Waals surface area contributed by atoms with E-state index in [0.717, 1.165) is 4.90 Å². The highest BCUT2D eigenvalue weighted by molar-refractivity contribution is 6.11. The summed E-state index contributed by atoms with van der Waals surface area (Å²) in [6, 6.07) is 11.0. The number of nitrogens with zero attached hydrogens (tertiary/aromatic N) is 1. The van der Waals surface area contributed by atoms with Crippen LogP contribution in [0, 0.1) is 0 Å². The lowest BCUT2D eigenvalue weighted by atomic mass is 9.92. The number of carbonyl (C=O) groups excluding carboxylic acids is 3. The molecule has 4 rings (SSSR count). The van der Waals surface area contributed by atoms with Crippen molar-refractivity contribution in [3.05, 3.63) is 53.6 Å². The zero-order valence-electron chi connectivity index (χ0n) is 15.4. The number of hydrogen-bond acceptors (Lipinski definition) is 6. The maximum atomic E-state index is 13.0. The normalized spacial score (nSPS) is 20.3. The Hall–Kier alpha value is -3.55. The molecule has 0 unspecified atom stereocenters. The highest BCUT2D eigenvalue weighted by atomic mass is 16.7. The van der Waals surface area contributed by atoms with Crippen molar-refractivity contribution < 1.29 is 28.6 Å². The number of fused-ring (bicyclic) bond motifs is 1. The Morgan fingerprint density at radius 3 is 2.57 bits per heavy atom. The molecule has 0 bridgehead atoms. The summed E-state index contributed by atoms with van der Waals surface area (Å²) >= 11 is 0. The molecule has 8 heteroatoms. The highest BCUT2D eigenvalue weighted by Crippen LogP contribution is 2.33. The first kappa shape index (κ1) is 17.8. The molecule has 1 N–H and O–H groups in total. The minimum Gasteiger partial charge on any atom is -0.497 e. The molecule has 1 saturated heterocycles. The minimum absolute atomic E-state index is 0.0974. The number of carbonyl (C=O) groups is 3. The molecule has 144 valence electrons. The summed E-state index contributed by atoms with van der Waals surface area (Å²) in [4.78, 5) is 38.9. The lowest BCUT2D eigenvalue weighted by Crippen LogP contribution is -2.41. The lowest BCUT2D eigenvalue weighted by molar-refractivity contribution is -0.130. The lowest BCUT2D eigenvalue weighted by Gasteiger charge is -2.22. The second kappa shape index (κ2) is 6.56. The van der Waals surface area contributed by atoms with Gasteiger partial charge in [0.15, 0.2) is 17.3 Å². The molecule has 0 radical (unpaired) electrons. The zero-order chi connectivity index (χ0) is 19.9. The van der Waals surface area contributed by atoms with Gasteiger partial charge < -0.3 is 19.5 Å². The van der Waals surface area contributed by atoms with Crippen LogP contribution in [0.3, 0.4) is 0 Å². The second-order valence-electron chi connectivity index (χ2n) is 6.67. The van der Waals surface area contributed by atoms with Crippen LogP contribution in [-0.4, -0.2) is 43.1 Å². The highest BCUT2D eigenvalue weighted by Gasteiger charge is 2.49. The van der Waals surface area contributed by atoms with Gasteiger partial charge >= 0.3 is 6.03 Å². The molecule has 0 aromatic heterocycles. The number of methoxy groups -OCH3 is 1. The molecule has 2 heterocycles. The van der Waals surface area contributed by atoms with Crippen LogP contribution in [0.1, 0.15) is 22.8 Å². The smallest absolute Gasteiger partial charge is 0.325 e. The van der Waals surface area contributed by atoms with Gasteiger partial charge in [-0.05, 0) is 42.8 Å². The van der Waals surface area contributed by atoms with E-state index in [1.807, 2.05) is 0 Å². The largest absolute Gasteiger partial charge is 0.497 e. The monoisotopic (exact) mass is 382 g/mol. The van der Waals surface area contributed by atoms with E-state index in [4.69, 9.17) is 14.2 Å². The Morgan fingerprint density at radius 2 is 1.86 bits per heavy atom. The first-order chi connectivity index (χ1) is 13.4. The molecule has 0 spiro atoms. The van der Waals surface area contributed by atoms with E-state index in [1.54, 1.807) is 56.5 Å². The molecule has 2 aliphatic rings. The van der Waals surface area contributed by atoms with Gasteiger partial charge in [0.05, 0.1) is 13.7 Å². The molecule has 1 atom stereocenters. The van der Waals surface area contributed by atoms with E-state index in [-0.39, 0.29) is 19.1 Å². The van der Waals surface area contributed by atoms with Crippen LogP contribution in [0.25, 0.3) is 0 Å². The summed E-state index contributed by atoms with van der Waals surface area (Å²) in [5, 5.41) is 2.68. The molecule has 2 aliphatic heterocycles. The summed E-state index contributed by atoms with van der Waals surface area (Å²) in [6.07, 6.45) is 0. The Kier molecular flexibility index (Phi) is 4.18. The van der Waals surface area contributed by atoms with Crippen molar-refractivity contribution in [2.24, 2.45) is 0 Å². The summed E-state index contributed by atoms with van der Waals surface area (Å²) in [5.41, 5.74) is -0.314. The number of imide groups is 1. The van der Waals surface area contributed by atoms with Gasteiger partial charge in [-0.2, -0.15) is 0 Å². The maximum absolute atomic E-state index is 13.0. The van der Waals surface area contributed by atoms with Crippen molar-refractivity contribution >= 4 is 17.7 Å². The molecule has 2 aromatic carbocycles. The number of hydrogen-bond donors (Lipinski definition) is 1. The predicted octanol–water partition coefficient (Wildman–Crippen LogP) is 2.07. The third kappa shape index (κ3) is 2.83. The van der Waals surface area contributed by atoms with Crippen LogP contribution in [0.15, 0.2) is 42.5 Å². The van der Waals surface area contributed by atoms with Crippen LogP contribution in [0.4, 0.5) is 4.79 Å². The molecule has 0 aliphatic carbocycles. The number of amides is 3. The first-order valence-corrected chi connectivity index (χ1v) is 8.64. The van der Waals surface area contributed by atoms with Gasteiger partial charge in [0, 0.05) is 5.56 Å². The summed E-state index contributed by atoms with van der Waals surface area (Å²) in [6.45, 7) is 1.34. The number of benzene rings is 2. The van der Waals surface area contributed by atoms with E-state index in [1.165, 1.54) is 0 Å². The maximum Gasteiger partial charge on any atom is 0.325 e. The van der Waals surface area contributed by atoms with Crippen molar-refractivity contribution in [3.63, 3.8) is 0 Å². The third-order valence-corrected chi connectivity index (χ3v) is 4.94. The molecular weight excluding hydrogens is 364 g/mol. The van der Waals surface area contributed by atoms with Gasteiger partial charge in [0.2, 0.25) is 6.79 Å². The second-order valence-corrected chi connectivity index (χ2v) is 6.67. The third-order valence-electron chi connectivity index (χ3n) is 4.94. The Balaban J connectivity index is 1.54. The molecule has 0 saturated carbocycles. The molecule has 28 heavy (non-hydrogen) atoms. The van der Waals surface area contributed by atoms with Crippen molar-refractivity contribution in [1.29, 1.82) is 0 Å². The average molecular weight is 382 g/mol. The van der Waals surface area contributed by atoms with Gasteiger partial charge in [0.25, 0.3) is 5.91 Å². The van der Waals surface area contributed by atoms with Gasteiger partial charge in [-0.1, -0.05) is 12.1 Å². The van der Waals surface area contributed by atoms with Crippen LogP contribution < -0.4 is 19.5 Å². The van der Waals surface area contributed by atoms with Crippen LogP contribution in [-0.2, 0) is 10.3 Å². The number of Topliss-reactive ketones (excluding diaryl/α,β-unsaturated/α-hetero) is 1. The fourth-order valence-electron chi connectivity index (χ4n) is 3.27. The van der Waals surface area contributed by atoms with E-state index < -0.39 is 17.5 Å². The van der Waals surface area contributed by atoms with Crippen molar-refractivity contribution in [2.75, 3.05) is 20.4 Å². The fourth-order valence-corrected chi connectivity index (χ4v) is 3.27. The Morgan fingerprint density at radius 1 is 1.14 bits per heavy atom. The van der Waals surface area contributed by atoms with Crippen LogP contribution >= 0.6 is 0 Å². The molecular formula is C20H18N2O6. The Labute approximate surface area is 161 Å². The zero-order valence-corrected chi connectivity index (χ0v) is 15.4. The van der Waals surface area contributed by atoms with Crippen molar-refractivity contribution in [1.82, 2.24) is 10.2 Å². The van der Waals surface area contributed by atoms with Gasteiger partial charge in [0.1, 0.15) is 11.3 Å². The summed E-state index contributed by atoms with van der Waals surface area (Å²) < 4.78 is 15.6. The van der Waals surface area contributed by atoms with E-state index in [0.29, 0.717) is 28.4 Å². The topological polar surface area (TPSA) is 94.2 Å². The fraction of sp³-hybridized carbons (Fsp3) is 0.250. The van der Waals surface area contributed by atoms with E-state index >= 15 is 0 Å². The quantitative estimate of drug-likeness (QED) is 0.629. The van der Waals surface area contributed by atoms with Gasteiger partial charge in [-0.3, -0.25) is 14.5 Å². The standard InChI is InChI=1S/C20H18N2O6/c1-20(13-4-6-14(26-2)7-5-13)18(24)22(19(25)21-20)10-15(23)12-3-8-16-17(9-12)28-11-27-16/h3-9H,10-11H2,1-2H3,(H,21,25)/t20-/m0/s1. The van der Waals surface area contributed by atoms with Crippen LogP contribution in [0.5, 0.6) is 17.2 Å². The number of rotatable bonds is 5. The number of nitrogens with one attached hydrogen (secondary N) is 1. The van der Waals surface area contributed by atoms with Crippen molar-refractivity contribution in [3.8, 4) is 17.2 Å². The molecule has 2 aromatic rings. The van der Waals surface area contributed by atoms with Crippen molar-refractivity contribution in [2.45, 2.75) is 12.5 Å². The summed E-state index contributed by atoms with van der Waals surface area (Å²) in [7, 11) is 1.54. The number of urea groups is 1. The minimum atomic E-state index is -1.25. The Bertz CT molecular complexity index is 971. The number of ether oxygens (including phenoxy) is 3. The van der Waals surface area contributed by atoms with E-state index in [9.17, 15) is 14.4 Å². The SMILES string of the molecule is COc1ccc([C@]2(C)NC(=O)N(CC(=O)c3ccc4c(c3)OCO4)C2=O)cc1. The first-order valence-electron chi connectivity index (χ1n) is 8.64. The summed E-state index contributed by atoms with van der Waals surface area (Å²) in [5.74, 6) is 0.793. The van der Waals surface area contributed by atoms with Gasteiger partial charge in [-0.15, -0.1) is 0 Å².